The summed E-state index contributed by atoms with van der Waals surface area (Å²) in [7, 11) is 0. The standard InChI is InChI=1S/C16H21NO3S/c1-12-2-3-14(21-12)4-5-15(18)17-8-6-13(7-9-17)16-19-10-11-20-16/h2-5,13,16H,6-11H2,1H3/b5-4+. The number of carbonyl (C=O) groups excluding carboxylic acids is 1. The number of thiophene rings is 1. The Morgan fingerprint density at radius 2 is 2.00 bits per heavy atom. The number of hydrogen-bond acceptors (Lipinski definition) is 4. The number of piperidine rings is 1. The summed E-state index contributed by atoms with van der Waals surface area (Å²) in [5.41, 5.74) is 0. The molecule has 4 nitrogen and oxygen atoms in total. The molecule has 0 atom stereocenters. The van der Waals surface area contributed by atoms with E-state index in [4.69, 9.17) is 9.47 Å². The lowest BCUT2D eigenvalue weighted by molar-refractivity contribution is -0.131. The molecule has 1 aromatic heterocycles. The lowest BCUT2D eigenvalue weighted by atomic mass is 9.96. The number of ether oxygens (including phenoxy) is 2. The minimum absolute atomic E-state index is 0.0492. The molecule has 0 radical (unpaired) electrons. The zero-order valence-corrected chi connectivity index (χ0v) is 13.1. The van der Waals surface area contributed by atoms with Gasteiger partial charge >= 0.3 is 0 Å². The van der Waals surface area contributed by atoms with Gasteiger partial charge in [0.2, 0.25) is 5.91 Å². The first-order valence-corrected chi connectivity index (χ1v) is 8.30. The molecule has 1 aromatic rings. The van der Waals surface area contributed by atoms with E-state index in [0.29, 0.717) is 19.1 Å². The summed E-state index contributed by atoms with van der Waals surface area (Å²) in [5, 5.41) is 0. The molecule has 0 unspecified atom stereocenters. The number of amides is 1. The van der Waals surface area contributed by atoms with E-state index in [2.05, 4.69) is 13.0 Å². The Morgan fingerprint density at radius 1 is 1.29 bits per heavy atom. The van der Waals surface area contributed by atoms with Gasteiger partial charge in [-0.05, 0) is 38.0 Å². The van der Waals surface area contributed by atoms with Gasteiger partial charge in [0.15, 0.2) is 6.29 Å². The van der Waals surface area contributed by atoms with E-state index >= 15 is 0 Å². The zero-order chi connectivity index (χ0) is 14.7. The molecule has 0 aliphatic carbocycles. The first-order chi connectivity index (χ1) is 10.2. The molecular weight excluding hydrogens is 286 g/mol. The van der Waals surface area contributed by atoms with E-state index in [9.17, 15) is 4.79 Å². The first-order valence-electron chi connectivity index (χ1n) is 7.49. The van der Waals surface area contributed by atoms with Gasteiger partial charge in [-0.15, -0.1) is 11.3 Å². The Kier molecular flexibility index (Phi) is 4.73. The third kappa shape index (κ3) is 3.73. The largest absolute Gasteiger partial charge is 0.350 e. The second-order valence-electron chi connectivity index (χ2n) is 5.55. The van der Waals surface area contributed by atoms with Crippen molar-refractivity contribution in [3.63, 3.8) is 0 Å². The number of hydrogen-bond donors (Lipinski definition) is 0. The van der Waals surface area contributed by atoms with Gasteiger partial charge in [0, 0.05) is 34.8 Å². The van der Waals surface area contributed by atoms with Crippen LogP contribution in [0.2, 0.25) is 0 Å². The van der Waals surface area contributed by atoms with E-state index in [1.807, 2.05) is 17.0 Å². The molecule has 2 fully saturated rings. The maximum absolute atomic E-state index is 12.2. The van der Waals surface area contributed by atoms with Crippen molar-refractivity contribution in [2.45, 2.75) is 26.1 Å². The Morgan fingerprint density at radius 3 is 2.62 bits per heavy atom. The molecule has 3 rings (SSSR count). The second-order valence-corrected chi connectivity index (χ2v) is 6.87. The molecule has 3 heterocycles. The van der Waals surface area contributed by atoms with Gasteiger partial charge in [0.05, 0.1) is 13.2 Å². The molecule has 2 aliphatic rings. The highest BCUT2D eigenvalue weighted by Crippen LogP contribution is 2.26. The summed E-state index contributed by atoms with van der Waals surface area (Å²) in [6.07, 6.45) is 5.47. The molecule has 114 valence electrons. The van der Waals surface area contributed by atoms with Crippen LogP contribution in [0, 0.1) is 12.8 Å². The average molecular weight is 307 g/mol. The van der Waals surface area contributed by atoms with Crippen LogP contribution in [-0.4, -0.2) is 43.4 Å². The summed E-state index contributed by atoms with van der Waals surface area (Å²) < 4.78 is 11.1. The third-order valence-corrected chi connectivity index (χ3v) is 5.00. The van der Waals surface area contributed by atoms with E-state index in [0.717, 1.165) is 30.8 Å². The van der Waals surface area contributed by atoms with Crippen LogP contribution in [0.4, 0.5) is 0 Å². The van der Waals surface area contributed by atoms with Crippen molar-refractivity contribution in [1.29, 1.82) is 0 Å². The van der Waals surface area contributed by atoms with E-state index in [-0.39, 0.29) is 12.2 Å². The first kappa shape index (κ1) is 14.8. The third-order valence-electron chi connectivity index (χ3n) is 4.04. The SMILES string of the molecule is Cc1ccc(/C=C/C(=O)N2CCC(C3OCCO3)CC2)s1. The van der Waals surface area contributed by atoms with E-state index in [1.54, 1.807) is 17.4 Å². The number of aryl methyl sites for hydroxylation is 1. The predicted octanol–water partition coefficient (Wildman–Crippen LogP) is 2.68. The van der Waals surface area contributed by atoms with Crippen LogP contribution in [0.15, 0.2) is 18.2 Å². The smallest absolute Gasteiger partial charge is 0.246 e. The van der Waals surface area contributed by atoms with Crippen LogP contribution in [0.5, 0.6) is 0 Å². The molecule has 1 amide bonds. The molecule has 2 aliphatic heterocycles. The van der Waals surface area contributed by atoms with Crippen molar-refractivity contribution in [3.8, 4) is 0 Å². The highest BCUT2D eigenvalue weighted by atomic mass is 32.1. The monoisotopic (exact) mass is 307 g/mol. The minimum Gasteiger partial charge on any atom is -0.350 e. The van der Waals surface area contributed by atoms with Gasteiger partial charge in [-0.2, -0.15) is 0 Å². The molecule has 21 heavy (non-hydrogen) atoms. The lowest BCUT2D eigenvalue weighted by Crippen LogP contribution is -2.40. The maximum Gasteiger partial charge on any atom is 0.246 e. The van der Waals surface area contributed by atoms with E-state index < -0.39 is 0 Å². The Bertz CT molecular complexity index is 511. The molecule has 2 saturated heterocycles. The maximum atomic E-state index is 12.2. The fraction of sp³-hybridized carbons (Fsp3) is 0.562. The van der Waals surface area contributed by atoms with Gasteiger partial charge in [-0.3, -0.25) is 4.79 Å². The molecule has 0 spiro atoms. The average Bonchev–Trinajstić information content (AvgIpc) is 3.16. The van der Waals surface area contributed by atoms with Crippen LogP contribution in [-0.2, 0) is 14.3 Å². The van der Waals surface area contributed by atoms with Crippen molar-refractivity contribution < 1.29 is 14.3 Å². The molecule has 0 bridgehead atoms. The van der Waals surface area contributed by atoms with Crippen LogP contribution >= 0.6 is 11.3 Å². The van der Waals surface area contributed by atoms with Crippen LogP contribution in [0.3, 0.4) is 0 Å². The molecule has 0 saturated carbocycles. The fourth-order valence-electron chi connectivity index (χ4n) is 2.84. The summed E-state index contributed by atoms with van der Waals surface area (Å²) in [4.78, 5) is 16.5. The quantitative estimate of drug-likeness (QED) is 0.806. The Labute approximate surface area is 129 Å². The molecule has 5 heteroatoms. The summed E-state index contributed by atoms with van der Waals surface area (Å²) >= 11 is 1.70. The highest BCUT2D eigenvalue weighted by Gasteiger charge is 2.31. The lowest BCUT2D eigenvalue weighted by Gasteiger charge is -2.33. The summed E-state index contributed by atoms with van der Waals surface area (Å²) in [6, 6.07) is 4.12. The number of nitrogens with zero attached hydrogens (tertiary/aromatic N) is 1. The van der Waals surface area contributed by atoms with E-state index in [1.165, 1.54) is 4.88 Å². The second kappa shape index (κ2) is 6.73. The van der Waals surface area contributed by atoms with Gasteiger partial charge < -0.3 is 14.4 Å². The van der Waals surface area contributed by atoms with Crippen LogP contribution in [0.1, 0.15) is 22.6 Å². The summed E-state index contributed by atoms with van der Waals surface area (Å²) in [5.74, 6) is 0.535. The molecule has 0 aromatic carbocycles. The number of rotatable bonds is 3. The van der Waals surface area contributed by atoms with Crippen LogP contribution in [0.25, 0.3) is 6.08 Å². The summed E-state index contributed by atoms with van der Waals surface area (Å²) in [6.45, 7) is 5.06. The van der Waals surface area contributed by atoms with Gasteiger partial charge in [0.25, 0.3) is 0 Å². The predicted molar refractivity (Wildman–Crippen MR) is 83.1 cm³/mol. The number of likely N-dealkylation sites (tertiary alicyclic amines) is 1. The molecular formula is C16H21NO3S. The number of carbonyl (C=O) groups is 1. The van der Waals surface area contributed by atoms with Crippen LogP contribution < -0.4 is 0 Å². The topological polar surface area (TPSA) is 38.8 Å². The van der Waals surface area contributed by atoms with Crippen molar-refractivity contribution >= 4 is 23.3 Å². The van der Waals surface area contributed by atoms with Crippen molar-refractivity contribution in [2.75, 3.05) is 26.3 Å². The van der Waals surface area contributed by atoms with Crippen molar-refractivity contribution in [3.05, 3.63) is 28.0 Å². The van der Waals surface area contributed by atoms with Gasteiger partial charge in [0.1, 0.15) is 0 Å². The van der Waals surface area contributed by atoms with Crippen molar-refractivity contribution in [2.24, 2.45) is 5.92 Å². The zero-order valence-electron chi connectivity index (χ0n) is 12.3. The molecule has 0 N–H and O–H groups in total. The normalized spacial score (nSPS) is 21.5. The van der Waals surface area contributed by atoms with Gasteiger partial charge in [-0.1, -0.05) is 0 Å². The van der Waals surface area contributed by atoms with Gasteiger partial charge in [-0.25, -0.2) is 0 Å². The Hall–Kier alpha value is -1.17. The fourth-order valence-corrected chi connectivity index (χ4v) is 3.62. The highest BCUT2D eigenvalue weighted by molar-refractivity contribution is 7.12. The Balaban J connectivity index is 1.49. The van der Waals surface area contributed by atoms with Crippen molar-refractivity contribution in [1.82, 2.24) is 4.90 Å². The minimum atomic E-state index is -0.0492.